The van der Waals surface area contributed by atoms with Gasteiger partial charge in [0.1, 0.15) is 5.82 Å². The van der Waals surface area contributed by atoms with Gasteiger partial charge in [0, 0.05) is 18.7 Å². The predicted molar refractivity (Wildman–Crippen MR) is 95.1 cm³/mol. The molecule has 1 saturated heterocycles. The van der Waals surface area contributed by atoms with Crippen molar-refractivity contribution < 1.29 is 9.18 Å². The maximum absolute atomic E-state index is 14.4. The van der Waals surface area contributed by atoms with E-state index in [1.54, 1.807) is 35.0 Å². The van der Waals surface area contributed by atoms with Gasteiger partial charge in [-0.05, 0) is 49.6 Å². The largest absolute Gasteiger partial charge is 0.339 e. The SMILES string of the molecule is N#Cc1ccc(-c2cccc3c(C(=O)N4CCCCC4)cnn23)c(F)c1. The fraction of sp³-hybridized carbons (Fsp3) is 0.250. The van der Waals surface area contributed by atoms with E-state index in [1.807, 2.05) is 17.0 Å². The maximum Gasteiger partial charge on any atom is 0.257 e. The molecule has 0 bridgehead atoms. The number of carbonyl (C=O) groups excluding carboxylic acids is 1. The van der Waals surface area contributed by atoms with Crippen LogP contribution in [0.2, 0.25) is 0 Å². The third-order valence-electron chi connectivity index (χ3n) is 4.79. The van der Waals surface area contributed by atoms with Crippen LogP contribution < -0.4 is 0 Å². The molecule has 6 heteroatoms. The first kappa shape index (κ1) is 16.3. The molecule has 3 heterocycles. The van der Waals surface area contributed by atoms with Crippen molar-refractivity contribution in [3.05, 3.63) is 59.5 Å². The van der Waals surface area contributed by atoms with Gasteiger partial charge in [-0.25, -0.2) is 8.91 Å². The highest BCUT2D eigenvalue weighted by molar-refractivity contribution is 6.01. The minimum absolute atomic E-state index is 0.0304. The van der Waals surface area contributed by atoms with Crippen molar-refractivity contribution >= 4 is 11.4 Å². The van der Waals surface area contributed by atoms with Crippen LogP contribution in [0.4, 0.5) is 4.39 Å². The van der Waals surface area contributed by atoms with E-state index < -0.39 is 5.82 Å². The van der Waals surface area contributed by atoms with Gasteiger partial charge in [0.15, 0.2) is 0 Å². The minimum atomic E-state index is -0.490. The molecule has 0 aliphatic carbocycles. The fourth-order valence-electron chi connectivity index (χ4n) is 3.44. The lowest BCUT2D eigenvalue weighted by molar-refractivity contribution is 0.0726. The van der Waals surface area contributed by atoms with Crippen LogP contribution in [0.3, 0.4) is 0 Å². The number of nitrogens with zero attached hydrogens (tertiary/aromatic N) is 4. The van der Waals surface area contributed by atoms with E-state index in [2.05, 4.69) is 5.10 Å². The molecule has 3 aromatic rings. The fourth-order valence-corrected chi connectivity index (χ4v) is 3.44. The van der Waals surface area contributed by atoms with E-state index in [0.29, 0.717) is 22.3 Å². The van der Waals surface area contributed by atoms with Crippen LogP contribution in [0.15, 0.2) is 42.6 Å². The normalized spacial score (nSPS) is 14.4. The van der Waals surface area contributed by atoms with Crippen LogP contribution in [0.5, 0.6) is 0 Å². The van der Waals surface area contributed by atoms with Crippen molar-refractivity contribution in [1.29, 1.82) is 5.26 Å². The smallest absolute Gasteiger partial charge is 0.257 e. The van der Waals surface area contributed by atoms with Gasteiger partial charge in [0.2, 0.25) is 0 Å². The lowest BCUT2D eigenvalue weighted by atomic mass is 10.1. The van der Waals surface area contributed by atoms with Gasteiger partial charge in [0.25, 0.3) is 5.91 Å². The molecule has 0 atom stereocenters. The molecule has 1 fully saturated rings. The van der Waals surface area contributed by atoms with E-state index in [9.17, 15) is 9.18 Å². The highest BCUT2D eigenvalue weighted by atomic mass is 19.1. The number of hydrogen-bond donors (Lipinski definition) is 0. The Hall–Kier alpha value is -3.20. The monoisotopic (exact) mass is 348 g/mol. The number of aromatic nitrogens is 2. The summed E-state index contributed by atoms with van der Waals surface area (Å²) in [5.74, 6) is -0.520. The first-order chi connectivity index (χ1) is 12.7. The Morgan fingerprint density at radius 2 is 1.96 bits per heavy atom. The Kier molecular flexibility index (Phi) is 4.13. The van der Waals surface area contributed by atoms with Crippen LogP contribution >= 0.6 is 0 Å². The van der Waals surface area contributed by atoms with Crippen LogP contribution in [0, 0.1) is 17.1 Å². The van der Waals surface area contributed by atoms with E-state index in [4.69, 9.17) is 5.26 Å². The number of benzene rings is 1. The number of rotatable bonds is 2. The lowest BCUT2D eigenvalue weighted by Crippen LogP contribution is -2.35. The molecule has 0 unspecified atom stereocenters. The third-order valence-corrected chi connectivity index (χ3v) is 4.79. The topological polar surface area (TPSA) is 61.4 Å². The molecule has 0 radical (unpaired) electrons. The number of carbonyl (C=O) groups is 1. The van der Waals surface area contributed by atoms with Gasteiger partial charge in [0.05, 0.1) is 34.6 Å². The standard InChI is InChI=1S/C20H17FN4O/c21-17-11-14(12-22)7-8-15(17)18-5-4-6-19-16(13-23-25(18)19)20(26)24-9-2-1-3-10-24/h4-8,11,13H,1-3,9-10H2. The Balaban J connectivity index is 1.78. The molecule has 2 aromatic heterocycles. The molecule has 0 saturated carbocycles. The van der Waals surface area contributed by atoms with Crippen LogP contribution in [0.1, 0.15) is 35.2 Å². The quantitative estimate of drug-likeness (QED) is 0.710. The van der Waals surface area contributed by atoms with Crippen LogP contribution in [-0.2, 0) is 0 Å². The molecule has 5 nitrogen and oxygen atoms in total. The van der Waals surface area contributed by atoms with Gasteiger partial charge >= 0.3 is 0 Å². The molecule has 0 N–H and O–H groups in total. The van der Waals surface area contributed by atoms with E-state index >= 15 is 0 Å². The maximum atomic E-state index is 14.4. The predicted octanol–water partition coefficient (Wildman–Crippen LogP) is 3.64. The molecule has 26 heavy (non-hydrogen) atoms. The Labute approximate surface area is 150 Å². The number of nitriles is 1. The number of halogens is 1. The van der Waals surface area contributed by atoms with Crippen molar-refractivity contribution in [2.24, 2.45) is 0 Å². The van der Waals surface area contributed by atoms with Crippen molar-refractivity contribution in [3.63, 3.8) is 0 Å². The third kappa shape index (κ3) is 2.72. The van der Waals surface area contributed by atoms with E-state index in [1.165, 1.54) is 6.07 Å². The summed E-state index contributed by atoms with van der Waals surface area (Å²) in [7, 11) is 0. The summed E-state index contributed by atoms with van der Waals surface area (Å²) in [6.07, 6.45) is 4.75. The summed E-state index contributed by atoms with van der Waals surface area (Å²) in [6.45, 7) is 1.53. The molecular weight excluding hydrogens is 331 g/mol. The van der Waals surface area contributed by atoms with Gasteiger partial charge in [-0.1, -0.05) is 6.07 Å². The summed E-state index contributed by atoms with van der Waals surface area (Å²) >= 11 is 0. The van der Waals surface area contributed by atoms with Gasteiger partial charge < -0.3 is 4.90 Å². The lowest BCUT2D eigenvalue weighted by Gasteiger charge is -2.26. The van der Waals surface area contributed by atoms with Crippen molar-refractivity contribution in [2.45, 2.75) is 19.3 Å². The Morgan fingerprint density at radius 1 is 1.15 bits per heavy atom. The minimum Gasteiger partial charge on any atom is -0.339 e. The molecule has 130 valence electrons. The molecule has 4 rings (SSSR count). The zero-order valence-electron chi connectivity index (χ0n) is 14.2. The van der Waals surface area contributed by atoms with Crippen molar-refractivity contribution in [3.8, 4) is 17.3 Å². The van der Waals surface area contributed by atoms with E-state index in [0.717, 1.165) is 32.4 Å². The molecule has 1 aromatic carbocycles. The summed E-state index contributed by atoms with van der Waals surface area (Å²) in [5.41, 5.74) is 2.33. The molecular formula is C20H17FN4O. The van der Waals surface area contributed by atoms with Gasteiger partial charge in [-0.15, -0.1) is 0 Å². The zero-order chi connectivity index (χ0) is 18.1. The highest BCUT2D eigenvalue weighted by Crippen LogP contribution is 2.26. The summed E-state index contributed by atoms with van der Waals surface area (Å²) in [5, 5.41) is 13.2. The summed E-state index contributed by atoms with van der Waals surface area (Å²) < 4.78 is 16.0. The van der Waals surface area contributed by atoms with Crippen molar-refractivity contribution in [2.75, 3.05) is 13.1 Å². The molecule has 0 spiro atoms. The second-order valence-corrected chi connectivity index (χ2v) is 6.43. The first-order valence-electron chi connectivity index (χ1n) is 8.65. The summed E-state index contributed by atoms with van der Waals surface area (Å²) in [6, 6.07) is 11.6. The van der Waals surface area contributed by atoms with E-state index in [-0.39, 0.29) is 11.5 Å². The van der Waals surface area contributed by atoms with Crippen LogP contribution in [-0.4, -0.2) is 33.5 Å². The molecule has 1 aliphatic heterocycles. The average Bonchev–Trinajstić information content (AvgIpc) is 3.12. The Morgan fingerprint density at radius 3 is 2.69 bits per heavy atom. The number of likely N-dealkylation sites (tertiary alicyclic amines) is 1. The highest BCUT2D eigenvalue weighted by Gasteiger charge is 2.22. The van der Waals surface area contributed by atoms with Gasteiger partial charge in [-0.2, -0.15) is 10.4 Å². The Bertz CT molecular complexity index is 1030. The zero-order valence-corrected chi connectivity index (χ0v) is 14.2. The number of fused-ring (bicyclic) bond motifs is 1. The van der Waals surface area contributed by atoms with Crippen LogP contribution in [0.25, 0.3) is 16.8 Å². The average molecular weight is 348 g/mol. The number of pyridine rings is 1. The van der Waals surface area contributed by atoms with Gasteiger partial charge in [-0.3, -0.25) is 4.79 Å². The molecule has 1 aliphatic rings. The number of amides is 1. The number of hydrogen-bond acceptors (Lipinski definition) is 3. The second-order valence-electron chi connectivity index (χ2n) is 6.43. The second kappa shape index (κ2) is 6.60. The first-order valence-corrected chi connectivity index (χ1v) is 8.65. The number of piperidine rings is 1. The van der Waals surface area contributed by atoms with Crippen molar-refractivity contribution in [1.82, 2.24) is 14.5 Å². The summed E-state index contributed by atoms with van der Waals surface area (Å²) in [4.78, 5) is 14.7. The molecule has 1 amide bonds.